The van der Waals surface area contributed by atoms with E-state index in [4.69, 9.17) is 5.11 Å². The Bertz CT molecular complexity index is 808. The van der Waals surface area contributed by atoms with E-state index in [-0.39, 0.29) is 5.56 Å². The third-order valence-corrected chi connectivity index (χ3v) is 3.58. The van der Waals surface area contributed by atoms with Crippen molar-refractivity contribution in [1.29, 1.82) is 0 Å². The Morgan fingerprint density at radius 3 is 2.67 bits per heavy atom. The molecule has 0 aliphatic carbocycles. The average Bonchev–Trinajstić information content (AvgIpc) is 2.90. The van der Waals surface area contributed by atoms with Gasteiger partial charge in [-0.15, -0.1) is 5.10 Å². The normalized spacial score (nSPS) is 10.9. The number of rotatable bonds is 4. The molecule has 0 aliphatic heterocycles. The second-order valence-electron chi connectivity index (χ2n) is 4.88. The van der Waals surface area contributed by atoms with Crippen molar-refractivity contribution >= 4 is 17.0 Å². The Balaban J connectivity index is 2.04. The Labute approximate surface area is 121 Å². The van der Waals surface area contributed by atoms with Gasteiger partial charge in [-0.1, -0.05) is 36.4 Å². The first-order valence-corrected chi connectivity index (χ1v) is 6.82. The van der Waals surface area contributed by atoms with Crippen LogP contribution in [0.25, 0.3) is 11.0 Å². The van der Waals surface area contributed by atoms with Crippen molar-refractivity contribution in [3.8, 4) is 0 Å². The van der Waals surface area contributed by atoms with Gasteiger partial charge in [0.05, 0.1) is 17.6 Å². The number of benzene rings is 2. The summed E-state index contributed by atoms with van der Waals surface area (Å²) >= 11 is 0. The van der Waals surface area contributed by atoms with E-state index >= 15 is 0 Å². The van der Waals surface area contributed by atoms with E-state index in [2.05, 4.69) is 29.4 Å². The van der Waals surface area contributed by atoms with E-state index < -0.39 is 5.97 Å². The molecule has 3 rings (SSSR count). The standard InChI is InChI=1S/C16H15N3O2/c1-2-11-5-3-4-6-13(11)10-19-15-9-12(16(20)21)7-8-14(15)17-18-19/h3-9H,2,10H2,1H3,(H,20,21). The maximum Gasteiger partial charge on any atom is 0.335 e. The van der Waals surface area contributed by atoms with Gasteiger partial charge in [-0.05, 0) is 35.7 Å². The van der Waals surface area contributed by atoms with Crippen molar-refractivity contribution in [1.82, 2.24) is 15.0 Å². The summed E-state index contributed by atoms with van der Waals surface area (Å²) in [6.07, 6.45) is 0.948. The maximum absolute atomic E-state index is 11.1. The zero-order valence-electron chi connectivity index (χ0n) is 11.7. The molecular weight excluding hydrogens is 266 g/mol. The molecule has 21 heavy (non-hydrogen) atoms. The summed E-state index contributed by atoms with van der Waals surface area (Å²) in [5.41, 5.74) is 4.12. The number of aromatic nitrogens is 3. The van der Waals surface area contributed by atoms with Crippen molar-refractivity contribution in [2.45, 2.75) is 19.9 Å². The molecule has 0 saturated carbocycles. The first-order chi connectivity index (χ1) is 10.2. The van der Waals surface area contributed by atoms with Crippen LogP contribution < -0.4 is 0 Å². The maximum atomic E-state index is 11.1. The number of hydrogen-bond acceptors (Lipinski definition) is 3. The van der Waals surface area contributed by atoms with Crippen LogP contribution in [-0.2, 0) is 13.0 Å². The molecule has 0 bridgehead atoms. The summed E-state index contributed by atoms with van der Waals surface area (Å²) in [6, 6.07) is 13.0. The molecule has 2 aromatic carbocycles. The number of aromatic carboxylic acids is 1. The van der Waals surface area contributed by atoms with Gasteiger partial charge >= 0.3 is 5.97 Å². The van der Waals surface area contributed by atoms with Crippen molar-refractivity contribution in [3.63, 3.8) is 0 Å². The van der Waals surface area contributed by atoms with Crippen LogP contribution in [0, 0.1) is 0 Å². The molecule has 5 nitrogen and oxygen atoms in total. The van der Waals surface area contributed by atoms with Gasteiger partial charge in [-0.25, -0.2) is 9.48 Å². The fourth-order valence-electron chi connectivity index (χ4n) is 2.43. The third kappa shape index (κ3) is 2.50. The third-order valence-electron chi connectivity index (χ3n) is 3.58. The highest BCUT2D eigenvalue weighted by atomic mass is 16.4. The van der Waals surface area contributed by atoms with E-state index in [9.17, 15) is 4.79 Å². The number of nitrogens with zero attached hydrogens (tertiary/aromatic N) is 3. The number of hydrogen-bond donors (Lipinski definition) is 1. The molecule has 3 aromatic rings. The van der Waals surface area contributed by atoms with Gasteiger partial charge in [-0.3, -0.25) is 0 Å². The molecule has 1 aromatic heterocycles. The second-order valence-corrected chi connectivity index (χ2v) is 4.88. The lowest BCUT2D eigenvalue weighted by molar-refractivity contribution is 0.0697. The van der Waals surface area contributed by atoms with E-state index in [1.807, 2.05) is 12.1 Å². The average molecular weight is 281 g/mol. The molecule has 0 saturated heterocycles. The van der Waals surface area contributed by atoms with Gasteiger partial charge in [0.25, 0.3) is 0 Å². The number of aryl methyl sites for hydroxylation is 1. The zero-order valence-corrected chi connectivity index (χ0v) is 11.7. The van der Waals surface area contributed by atoms with Gasteiger partial charge in [0.2, 0.25) is 0 Å². The molecule has 1 N–H and O–H groups in total. The molecule has 5 heteroatoms. The van der Waals surface area contributed by atoms with E-state index in [0.717, 1.165) is 11.9 Å². The minimum Gasteiger partial charge on any atom is -0.478 e. The van der Waals surface area contributed by atoms with Crippen molar-refractivity contribution in [2.24, 2.45) is 0 Å². The van der Waals surface area contributed by atoms with Gasteiger partial charge in [0, 0.05) is 0 Å². The second kappa shape index (κ2) is 5.36. The first-order valence-electron chi connectivity index (χ1n) is 6.82. The number of carboxylic acids is 1. The summed E-state index contributed by atoms with van der Waals surface area (Å²) in [4.78, 5) is 11.1. The molecule has 0 fully saturated rings. The topological polar surface area (TPSA) is 68.0 Å². The summed E-state index contributed by atoms with van der Waals surface area (Å²) < 4.78 is 1.75. The van der Waals surface area contributed by atoms with Crippen LogP contribution in [0.15, 0.2) is 42.5 Å². The first kappa shape index (κ1) is 13.3. The van der Waals surface area contributed by atoms with E-state index in [0.29, 0.717) is 12.1 Å². The molecule has 1 heterocycles. The summed E-state index contributed by atoms with van der Waals surface area (Å²) in [6.45, 7) is 2.70. The predicted octanol–water partition coefficient (Wildman–Crippen LogP) is 2.74. The summed E-state index contributed by atoms with van der Waals surface area (Å²) in [5, 5.41) is 17.3. The van der Waals surface area contributed by atoms with Crippen LogP contribution in [0.1, 0.15) is 28.4 Å². The lowest BCUT2D eigenvalue weighted by Gasteiger charge is -2.08. The quantitative estimate of drug-likeness (QED) is 0.798. The fraction of sp³-hybridized carbons (Fsp3) is 0.188. The molecular formula is C16H15N3O2. The Morgan fingerprint density at radius 1 is 1.19 bits per heavy atom. The SMILES string of the molecule is CCc1ccccc1Cn1nnc2ccc(C(=O)O)cc21. The lowest BCUT2D eigenvalue weighted by Crippen LogP contribution is -2.05. The Morgan fingerprint density at radius 2 is 1.95 bits per heavy atom. The van der Waals surface area contributed by atoms with E-state index in [1.54, 1.807) is 22.9 Å². The van der Waals surface area contributed by atoms with Crippen LogP contribution in [0.3, 0.4) is 0 Å². The van der Waals surface area contributed by atoms with Gasteiger partial charge in [0.15, 0.2) is 0 Å². The fourth-order valence-corrected chi connectivity index (χ4v) is 2.43. The predicted molar refractivity (Wildman–Crippen MR) is 79.4 cm³/mol. The highest BCUT2D eigenvalue weighted by molar-refractivity contribution is 5.92. The molecule has 0 atom stereocenters. The summed E-state index contributed by atoms with van der Waals surface area (Å²) in [7, 11) is 0. The van der Waals surface area contributed by atoms with Crippen molar-refractivity contribution in [2.75, 3.05) is 0 Å². The lowest BCUT2D eigenvalue weighted by atomic mass is 10.1. The van der Waals surface area contributed by atoms with Crippen molar-refractivity contribution in [3.05, 3.63) is 59.2 Å². The largest absolute Gasteiger partial charge is 0.478 e. The molecule has 0 aliphatic rings. The van der Waals surface area contributed by atoms with Crippen molar-refractivity contribution < 1.29 is 9.90 Å². The Kier molecular flexibility index (Phi) is 3.39. The zero-order chi connectivity index (χ0) is 14.8. The van der Waals surface area contributed by atoms with Crippen LogP contribution in [0.4, 0.5) is 0 Å². The van der Waals surface area contributed by atoms with Crippen LogP contribution >= 0.6 is 0 Å². The van der Waals surface area contributed by atoms with Crippen LogP contribution in [0.2, 0.25) is 0 Å². The van der Waals surface area contributed by atoms with Gasteiger partial charge < -0.3 is 5.11 Å². The van der Waals surface area contributed by atoms with Crippen LogP contribution in [0.5, 0.6) is 0 Å². The Hall–Kier alpha value is -2.69. The molecule has 0 radical (unpaired) electrons. The minimum atomic E-state index is -0.946. The minimum absolute atomic E-state index is 0.245. The molecule has 106 valence electrons. The highest BCUT2D eigenvalue weighted by Crippen LogP contribution is 2.17. The number of fused-ring (bicyclic) bond motifs is 1. The van der Waals surface area contributed by atoms with Crippen LogP contribution in [-0.4, -0.2) is 26.1 Å². The number of carboxylic acid groups (broad SMARTS) is 1. The highest BCUT2D eigenvalue weighted by Gasteiger charge is 2.10. The monoisotopic (exact) mass is 281 g/mol. The summed E-state index contributed by atoms with van der Waals surface area (Å²) in [5.74, 6) is -0.946. The smallest absolute Gasteiger partial charge is 0.335 e. The van der Waals surface area contributed by atoms with Gasteiger partial charge in [-0.2, -0.15) is 0 Å². The molecule has 0 amide bonds. The van der Waals surface area contributed by atoms with E-state index in [1.165, 1.54) is 11.1 Å². The number of carbonyl (C=O) groups is 1. The molecule has 0 spiro atoms. The molecule has 0 unspecified atom stereocenters. The van der Waals surface area contributed by atoms with Gasteiger partial charge in [0.1, 0.15) is 5.52 Å².